The zero-order valence-electron chi connectivity index (χ0n) is 7.54. The molecule has 78 valence electrons. The third-order valence-electron chi connectivity index (χ3n) is 2.24. The smallest absolute Gasteiger partial charge is 0.153 e. The highest BCUT2D eigenvalue weighted by Crippen LogP contribution is 2.17. The molecular weight excluding hydrogens is 256 g/mol. The second-order valence-electron chi connectivity index (χ2n) is 3.22. The van der Waals surface area contributed by atoms with Crippen LogP contribution in [0.1, 0.15) is 19.3 Å². The van der Waals surface area contributed by atoms with E-state index in [0.29, 0.717) is 38.2 Å². The van der Waals surface area contributed by atoms with Gasteiger partial charge in [0.05, 0.1) is 11.0 Å². The molecule has 3 nitrogen and oxygen atoms in total. The normalized spacial score (nSPS) is 20.4. The van der Waals surface area contributed by atoms with E-state index >= 15 is 0 Å². The van der Waals surface area contributed by atoms with Crippen LogP contribution in [-0.2, 0) is 14.6 Å². The SMILES string of the molecule is O=S(=O)(CCCBr)C1CCOCC1. The van der Waals surface area contributed by atoms with Crippen molar-refractivity contribution in [3.05, 3.63) is 0 Å². The molecule has 1 heterocycles. The van der Waals surface area contributed by atoms with Gasteiger partial charge in [-0.25, -0.2) is 8.42 Å². The predicted molar refractivity (Wildman–Crippen MR) is 56.0 cm³/mol. The second kappa shape index (κ2) is 5.32. The summed E-state index contributed by atoms with van der Waals surface area (Å²) in [6.07, 6.45) is 2.05. The number of halogens is 1. The Bertz CT molecular complexity index is 232. The van der Waals surface area contributed by atoms with Crippen molar-refractivity contribution in [1.29, 1.82) is 0 Å². The van der Waals surface area contributed by atoms with Gasteiger partial charge >= 0.3 is 0 Å². The Morgan fingerprint density at radius 2 is 1.92 bits per heavy atom. The zero-order valence-corrected chi connectivity index (χ0v) is 9.94. The fourth-order valence-electron chi connectivity index (χ4n) is 1.46. The average molecular weight is 271 g/mol. The zero-order chi connectivity index (χ0) is 9.73. The quantitative estimate of drug-likeness (QED) is 0.725. The Kier molecular flexibility index (Phi) is 4.69. The summed E-state index contributed by atoms with van der Waals surface area (Å²) in [4.78, 5) is 0. The van der Waals surface area contributed by atoms with Crippen molar-refractivity contribution in [1.82, 2.24) is 0 Å². The molecule has 0 aromatic rings. The standard InChI is InChI=1S/C8H15BrO3S/c9-4-1-7-13(10,11)8-2-5-12-6-3-8/h8H,1-7H2. The van der Waals surface area contributed by atoms with E-state index in [9.17, 15) is 8.42 Å². The summed E-state index contributed by atoms with van der Waals surface area (Å²) < 4.78 is 28.5. The van der Waals surface area contributed by atoms with E-state index in [-0.39, 0.29) is 5.25 Å². The van der Waals surface area contributed by atoms with Crippen LogP contribution in [-0.4, -0.2) is 38.0 Å². The summed E-state index contributed by atoms with van der Waals surface area (Å²) in [6.45, 7) is 1.19. The predicted octanol–water partition coefficient (Wildman–Crippen LogP) is 1.37. The Morgan fingerprint density at radius 3 is 2.46 bits per heavy atom. The number of ether oxygens (including phenoxy) is 1. The summed E-state index contributed by atoms with van der Waals surface area (Å²) in [5, 5.41) is 0.607. The van der Waals surface area contributed by atoms with Crippen LogP contribution in [0, 0.1) is 0 Å². The van der Waals surface area contributed by atoms with Gasteiger partial charge in [-0.2, -0.15) is 0 Å². The minimum Gasteiger partial charge on any atom is -0.381 e. The minimum absolute atomic E-state index is 0.153. The van der Waals surface area contributed by atoms with Crippen LogP contribution in [0.3, 0.4) is 0 Å². The van der Waals surface area contributed by atoms with E-state index in [1.54, 1.807) is 0 Å². The Morgan fingerprint density at radius 1 is 1.31 bits per heavy atom. The van der Waals surface area contributed by atoms with Crippen LogP contribution < -0.4 is 0 Å². The maximum absolute atomic E-state index is 11.7. The summed E-state index contributed by atoms with van der Waals surface area (Å²) in [6, 6.07) is 0. The van der Waals surface area contributed by atoms with Crippen LogP contribution in [0.4, 0.5) is 0 Å². The lowest BCUT2D eigenvalue weighted by Crippen LogP contribution is -2.30. The van der Waals surface area contributed by atoms with Crippen molar-refractivity contribution in [3.63, 3.8) is 0 Å². The van der Waals surface area contributed by atoms with E-state index in [1.807, 2.05) is 0 Å². The maximum Gasteiger partial charge on any atom is 0.153 e. The first kappa shape index (κ1) is 11.5. The summed E-state index contributed by atoms with van der Waals surface area (Å²) in [7, 11) is -2.86. The van der Waals surface area contributed by atoms with Crippen molar-refractivity contribution < 1.29 is 13.2 Å². The van der Waals surface area contributed by atoms with Crippen molar-refractivity contribution in [2.75, 3.05) is 24.3 Å². The third-order valence-corrected chi connectivity index (χ3v) is 5.14. The lowest BCUT2D eigenvalue weighted by Gasteiger charge is -2.21. The van der Waals surface area contributed by atoms with E-state index in [4.69, 9.17) is 4.74 Å². The highest BCUT2D eigenvalue weighted by molar-refractivity contribution is 9.09. The molecule has 0 bridgehead atoms. The molecular formula is C8H15BrO3S. The summed E-state index contributed by atoms with van der Waals surface area (Å²) in [5.74, 6) is 0.308. The Hall–Kier alpha value is 0.390. The second-order valence-corrected chi connectivity index (χ2v) is 6.41. The molecule has 0 aliphatic carbocycles. The minimum atomic E-state index is -2.86. The van der Waals surface area contributed by atoms with E-state index in [1.165, 1.54) is 0 Å². The number of hydrogen-bond donors (Lipinski definition) is 0. The number of alkyl halides is 1. The average Bonchev–Trinajstić information content (AvgIpc) is 2.16. The number of hydrogen-bond acceptors (Lipinski definition) is 3. The van der Waals surface area contributed by atoms with Gasteiger partial charge in [-0.3, -0.25) is 0 Å². The van der Waals surface area contributed by atoms with Gasteiger partial charge in [0, 0.05) is 18.5 Å². The summed E-state index contributed by atoms with van der Waals surface area (Å²) in [5.41, 5.74) is 0. The van der Waals surface area contributed by atoms with Gasteiger partial charge in [-0.15, -0.1) is 0 Å². The first-order valence-electron chi connectivity index (χ1n) is 4.52. The highest BCUT2D eigenvalue weighted by atomic mass is 79.9. The van der Waals surface area contributed by atoms with E-state index < -0.39 is 9.84 Å². The molecule has 0 unspecified atom stereocenters. The van der Waals surface area contributed by atoms with Gasteiger partial charge in [0.1, 0.15) is 0 Å². The van der Waals surface area contributed by atoms with Gasteiger partial charge in [0.25, 0.3) is 0 Å². The fourth-order valence-corrected chi connectivity index (χ4v) is 3.90. The van der Waals surface area contributed by atoms with Crippen LogP contribution in [0.25, 0.3) is 0 Å². The van der Waals surface area contributed by atoms with Crippen molar-refractivity contribution in [2.24, 2.45) is 0 Å². The van der Waals surface area contributed by atoms with Gasteiger partial charge in [-0.1, -0.05) is 15.9 Å². The van der Waals surface area contributed by atoms with Crippen molar-refractivity contribution in [3.8, 4) is 0 Å². The van der Waals surface area contributed by atoms with Gasteiger partial charge in [-0.05, 0) is 19.3 Å². The van der Waals surface area contributed by atoms with Crippen molar-refractivity contribution in [2.45, 2.75) is 24.5 Å². The van der Waals surface area contributed by atoms with Crippen LogP contribution in [0.2, 0.25) is 0 Å². The molecule has 0 aromatic carbocycles. The molecule has 1 rings (SSSR count). The fraction of sp³-hybridized carbons (Fsp3) is 1.00. The first-order valence-corrected chi connectivity index (χ1v) is 7.36. The highest BCUT2D eigenvalue weighted by Gasteiger charge is 2.26. The molecule has 0 radical (unpaired) electrons. The molecule has 0 amide bonds. The lowest BCUT2D eigenvalue weighted by molar-refractivity contribution is 0.0983. The lowest BCUT2D eigenvalue weighted by atomic mass is 10.2. The molecule has 1 fully saturated rings. The molecule has 0 saturated carbocycles. The van der Waals surface area contributed by atoms with Crippen LogP contribution in [0.15, 0.2) is 0 Å². The van der Waals surface area contributed by atoms with Crippen LogP contribution >= 0.6 is 15.9 Å². The van der Waals surface area contributed by atoms with E-state index in [2.05, 4.69) is 15.9 Å². The molecule has 0 aromatic heterocycles. The first-order chi connectivity index (χ1) is 6.17. The molecule has 1 aliphatic rings. The number of sulfone groups is 1. The topological polar surface area (TPSA) is 43.4 Å². The molecule has 0 spiro atoms. The largest absolute Gasteiger partial charge is 0.381 e. The Balaban J connectivity index is 2.47. The third kappa shape index (κ3) is 3.56. The van der Waals surface area contributed by atoms with Crippen LogP contribution in [0.5, 0.6) is 0 Å². The van der Waals surface area contributed by atoms with Gasteiger partial charge in [0.2, 0.25) is 0 Å². The number of rotatable bonds is 4. The molecule has 5 heteroatoms. The summed E-state index contributed by atoms with van der Waals surface area (Å²) >= 11 is 3.24. The van der Waals surface area contributed by atoms with E-state index in [0.717, 1.165) is 5.33 Å². The molecule has 0 N–H and O–H groups in total. The maximum atomic E-state index is 11.7. The van der Waals surface area contributed by atoms with Crippen molar-refractivity contribution >= 4 is 25.8 Å². The molecule has 13 heavy (non-hydrogen) atoms. The Labute approximate surface area is 87.9 Å². The molecule has 1 aliphatic heterocycles. The molecule has 1 saturated heterocycles. The van der Waals surface area contributed by atoms with Gasteiger partial charge < -0.3 is 4.74 Å². The van der Waals surface area contributed by atoms with Gasteiger partial charge in [0.15, 0.2) is 9.84 Å². The monoisotopic (exact) mass is 270 g/mol. The molecule has 0 atom stereocenters.